The number of aromatic nitrogens is 3. The number of hydrogen-bond donors (Lipinski definition) is 1. The highest BCUT2D eigenvalue weighted by Gasteiger charge is 2.17. The molecule has 7 heteroatoms. The Hall–Kier alpha value is -2.41. The van der Waals surface area contributed by atoms with Crippen LogP contribution in [-0.2, 0) is 0 Å². The smallest absolute Gasteiger partial charge is 0.259 e. The third-order valence-corrected chi connectivity index (χ3v) is 3.99. The van der Waals surface area contributed by atoms with Crippen LogP contribution in [0.4, 0.5) is 0 Å². The first kappa shape index (κ1) is 11.4. The Morgan fingerprint density at radius 1 is 1.25 bits per heavy atom. The maximum absolute atomic E-state index is 12.2. The number of nitrogens with one attached hydrogen (secondary N) is 1. The third-order valence-electron chi connectivity index (χ3n) is 3.02. The molecule has 100 valence electrons. The maximum atomic E-state index is 12.2. The highest BCUT2D eigenvalue weighted by molar-refractivity contribution is 7.13. The average molecular weight is 287 g/mol. The van der Waals surface area contributed by atoms with E-state index in [2.05, 4.69) is 15.0 Å². The SMILES string of the molecule is Cc1csc(-c2nc3cc4c(cc3c(=O)[nH]2)OCO4)n1. The van der Waals surface area contributed by atoms with Crippen LogP contribution in [-0.4, -0.2) is 21.7 Å². The molecule has 3 heterocycles. The summed E-state index contributed by atoms with van der Waals surface area (Å²) < 4.78 is 10.6. The molecule has 0 atom stereocenters. The van der Waals surface area contributed by atoms with Crippen LogP contribution in [0.1, 0.15) is 5.69 Å². The Labute approximate surface area is 117 Å². The topological polar surface area (TPSA) is 77.1 Å². The van der Waals surface area contributed by atoms with Gasteiger partial charge in [-0.15, -0.1) is 11.3 Å². The maximum Gasteiger partial charge on any atom is 0.259 e. The summed E-state index contributed by atoms with van der Waals surface area (Å²) >= 11 is 1.45. The lowest BCUT2D eigenvalue weighted by Crippen LogP contribution is -2.09. The quantitative estimate of drug-likeness (QED) is 0.741. The van der Waals surface area contributed by atoms with Crippen molar-refractivity contribution in [1.82, 2.24) is 15.0 Å². The van der Waals surface area contributed by atoms with E-state index in [0.29, 0.717) is 33.2 Å². The molecule has 0 amide bonds. The molecule has 0 saturated heterocycles. The summed E-state index contributed by atoms with van der Waals surface area (Å²) in [4.78, 5) is 23.7. The molecule has 3 aromatic rings. The lowest BCUT2D eigenvalue weighted by atomic mass is 10.2. The van der Waals surface area contributed by atoms with E-state index < -0.39 is 0 Å². The summed E-state index contributed by atoms with van der Waals surface area (Å²) in [7, 11) is 0. The number of rotatable bonds is 1. The number of benzene rings is 1. The third kappa shape index (κ3) is 1.67. The molecule has 2 aromatic heterocycles. The summed E-state index contributed by atoms with van der Waals surface area (Å²) in [6, 6.07) is 3.37. The van der Waals surface area contributed by atoms with E-state index >= 15 is 0 Å². The standard InChI is InChI=1S/C13H9N3O3S/c1-6-4-20-13(14-6)11-15-8-3-10-9(18-5-19-10)2-7(8)12(17)16-11/h2-4H,5H2,1H3,(H,15,16,17). The molecule has 0 spiro atoms. The van der Waals surface area contributed by atoms with Gasteiger partial charge in [-0.1, -0.05) is 0 Å². The van der Waals surface area contributed by atoms with Gasteiger partial charge in [-0.2, -0.15) is 0 Å². The van der Waals surface area contributed by atoms with Crippen LogP contribution < -0.4 is 15.0 Å². The fourth-order valence-corrected chi connectivity index (χ4v) is 2.83. The van der Waals surface area contributed by atoms with Crippen molar-refractivity contribution in [3.8, 4) is 22.3 Å². The van der Waals surface area contributed by atoms with Crippen molar-refractivity contribution in [2.24, 2.45) is 0 Å². The van der Waals surface area contributed by atoms with Crippen LogP contribution in [0, 0.1) is 6.92 Å². The Morgan fingerprint density at radius 2 is 2.05 bits per heavy atom. The molecule has 0 fully saturated rings. The second-order valence-electron chi connectivity index (χ2n) is 4.43. The zero-order valence-corrected chi connectivity index (χ0v) is 11.3. The lowest BCUT2D eigenvalue weighted by Gasteiger charge is -2.02. The van der Waals surface area contributed by atoms with E-state index in [-0.39, 0.29) is 12.4 Å². The van der Waals surface area contributed by atoms with Crippen molar-refractivity contribution in [2.45, 2.75) is 6.92 Å². The molecule has 20 heavy (non-hydrogen) atoms. The molecule has 0 radical (unpaired) electrons. The van der Waals surface area contributed by atoms with Gasteiger partial charge in [0.15, 0.2) is 22.3 Å². The van der Waals surface area contributed by atoms with Gasteiger partial charge in [-0.05, 0) is 13.0 Å². The summed E-state index contributed by atoms with van der Waals surface area (Å²) in [5.41, 5.74) is 1.26. The molecule has 0 bridgehead atoms. The largest absolute Gasteiger partial charge is 0.454 e. The Kier molecular flexibility index (Phi) is 2.31. The van der Waals surface area contributed by atoms with Gasteiger partial charge in [0.25, 0.3) is 5.56 Å². The molecule has 1 N–H and O–H groups in total. The van der Waals surface area contributed by atoms with Crippen LogP contribution in [0.3, 0.4) is 0 Å². The average Bonchev–Trinajstić information content (AvgIpc) is 3.04. The number of aromatic amines is 1. The number of aryl methyl sites for hydroxylation is 1. The second kappa shape index (κ2) is 4.04. The van der Waals surface area contributed by atoms with E-state index in [0.717, 1.165) is 5.69 Å². The van der Waals surface area contributed by atoms with Crippen LogP contribution in [0.5, 0.6) is 11.5 Å². The predicted octanol–water partition coefficient (Wildman–Crippen LogP) is 2.08. The molecule has 6 nitrogen and oxygen atoms in total. The first-order chi connectivity index (χ1) is 9.70. The van der Waals surface area contributed by atoms with Gasteiger partial charge in [-0.3, -0.25) is 4.79 Å². The fourth-order valence-electron chi connectivity index (χ4n) is 2.09. The number of H-pyrrole nitrogens is 1. The van der Waals surface area contributed by atoms with E-state index in [4.69, 9.17) is 9.47 Å². The zero-order chi connectivity index (χ0) is 13.7. The summed E-state index contributed by atoms with van der Waals surface area (Å²) in [5.74, 6) is 1.65. The van der Waals surface area contributed by atoms with Crippen molar-refractivity contribution in [3.63, 3.8) is 0 Å². The van der Waals surface area contributed by atoms with Crippen LogP contribution in [0.2, 0.25) is 0 Å². The summed E-state index contributed by atoms with van der Waals surface area (Å²) in [6.07, 6.45) is 0. The highest BCUT2D eigenvalue weighted by atomic mass is 32.1. The van der Waals surface area contributed by atoms with Crippen molar-refractivity contribution in [2.75, 3.05) is 6.79 Å². The highest BCUT2D eigenvalue weighted by Crippen LogP contribution is 2.34. The number of hydrogen-bond acceptors (Lipinski definition) is 6. The summed E-state index contributed by atoms with van der Waals surface area (Å²) in [5, 5.41) is 3.09. The van der Waals surface area contributed by atoms with Crippen molar-refractivity contribution in [3.05, 3.63) is 33.6 Å². The normalized spacial score (nSPS) is 13.1. The second-order valence-corrected chi connectivity index (χ2v) is 5.29. The number of nitrogens with zero attached hydrogens (tertiary/aromatic N) is 2. The minimum atomic E-state index is -0.212. The van der Waals surface area contributed by atoms with Crippen LogP contribution in [0.25, 0.3) is 21.7 Å². The Morgan fingerprint density at radius 3 is 2.80 bits per heavy atom. The molecule has 1 aliphatic rings. The number of fused-ring (bicyclic) bond motifs is 2. The Balaban J connectivity index is 1.98. The fraction of sp³-hybridized carbons (Fsp3) is 0.154. The molecule has 0 aliphatic carbocycles. The van der Waals surface area contributed by atoms with Gasteiger partial charge < -0.3 is 14.5 Å². The van der Waals surface area contributed by atoms with Gasteiger partial charge in [0.2, 0.25) is 6.79 Å². The minimum absolute atomic E-state index is 0.169. The van der Waals surface area contributed by atoms with Gasteiger partial charge in [0.1, 0.15) is 0 Å². The van der Waals surface area contributed by atoms with E-state index in [1.54, 1.807) is 12.1 Å². The van der Waals surface area contributed by atoms with Crippen molar-refractivity contribution >= 4 is 22.2 Å². The predicted molar refractivity (Wildman–Crippen MR) is 74.3 cm³/mol. The summed E-state index contributed by atoms with van der Waals surface area (Å²) in [6.45, 7) is 2.07. The number of ether oxygens (including phenoxy) is 2. The molecular weight excluding hydrogens is 278 g/mol. The van der Waals surface area contributed by atoms with Gasteiger partial charge >= 0.3 is 0 Å². The monoisotopic (exact) mass is 287 g/mol. The van der Waals surface area contributed by atoms with Gasteiger partial charge in [-0.25, -0.2) is 9.97 Å². The molecule has 1 aliphatic heterocycles. The van der Waals surface area contributed by atoms with Gasteiger partial charge in [0.05, 0.1) is 10.9 Å². The van der Waals surface area contributed by atoms with Crippen molar-refractivity contribution < 1.29 is 9.47 Å². The minimum Gasteiger partial charge on any atom is -0.454 e. The lowest BCUT2D eigenvalue weighted by molar-refractivity contribution is 0.174. The van der Waals surface area contributed by atoms with E-state index in [1.807, 2.05) is 12.3 Å². The molecule has 0 saturated carbocycles. The molecule has 4 rings (SSSR count). The number of thiazole rings is 1. The first-order valence-electron chi connectivity index (χ1n) is 5.97. The van der Waals surface area contributed by atoms with E-state index in [9.17, 15) is 4.79 Å². The van der Waals surface area contributed by atoms with Crippen molar-refractivity contribution in [1.29, 1.82) is 0 Å². The first-order valence-corrected chi connectivity index (χ1v) is 6.85. The zero-order valence-electron chi connectivity index (χ0n) is 10.5. The molecule has 0 unspecified atom stereocenters. The van der Waals surface area contributed by atoms with Crippen LogP contribution in [0.15, 0.2) is 22.3 Å². The molecule has 1 aromatic carbocycles. The van der Waals surface area contributed by atoms with Gasteiger partial charge in [0, 0.05) is 17.1 Å². The van der Waals surface area contributed by atoms with Crippen LogP contribution >= 0.6 is 11.3 Å². The van der Waals surface area contributed by atoms with E-state index in [1.165, 1.54) is 11.3 Å². The Bertz CT molecular complexity index is 884. The molecular formula is C13H9N3O3S.